The first-order valence-corrected chi connectivity index (χ1v) is 7.87. The zero-order valence-corrected chi connectivity index (χ0v) is 13.5. The molecule has 0 amide bonds. The van der Waals surface area contributed by atoms with Gasteiger partial charge >= 0.3 is 0 Å². The molecule has 1 aromatic heterocycles. The number of nitrogens with one attached hydrogen (secondary N) is 1. The van der Waals surface area contributed by atoms with Crippen LogP contribution < -0.4 is 10.2 Å². The van der Waals surface area contributed by atoms with E-state index in [4.69, 9.17) is 0 Å². The summed E-state index contributed by atoms with van der Waals surface area (Å²) in [5.41, 5.74) is 3.81. The fourth-order valence-electron chi connectivity index (χ4n) is 1.97. The van der Waals surface area contributed by atoms with Gasteiger partial charge in [-0.15, -0.1) is 11.3 Å². The molecule has 2 rings (SSSR count). The Labute approximate surface area is 125 Å². The molecule has 0 atom stereocenters. The first-order chi connectivity index (χ1) is 9.56. The van der Waals surface area contributed by atoms with Crippen LogP contribution in [0.5, 0.6) is 0 Å². The van der Waals surface area contributed by atoms with Crippen LogP contribution in [0.4, 0.5) is 5.13 Å². The lowest BCUT2D eigenvalue weighted by Crippen LogP contribution is -2.22. The molecule has 1 N–H and O–H groups in total. The average molecular weight is 289 g/mol. The van der Waals surface area contributed by atoms with E-state index in [9.17, 15) is 0 Å². The van der Waals surface area contributed by atoms with Crippen LogP contribution in [0.2, 0.25) is 0 Å². The molecule has 0 saturated heterocycles. The summed E-state index contributed by atoms with van der Waals surface area (Å²) in [5.74, 6) is 0. The smallest absolute Gasteiger partial charge is 0.185 e. The second kappa shape index (κ2) is 6.86. The van der Waals surface area contributed by atoms with Gasteiger partial charge in [0, 0.05) is 31.6 Å². The number of thiazole rings is 1. The van der Waals surface area contributed by atoms with Crippen LogP contribution in [0.25, 0.3) is 0 Å². The molecule has 3 nitrogen and oxygen atoms in total. The normalized spacial score (nSPS) is 11.1. The van der Waals surface area contributed by atoms with Crippen molar-refractivity contribution < 1.29 is 0 Å². The Morgan fingerprint density at radius 1 is 1.30 bits per heavy atom. The van der Waals surface area contributed by atoms with Gasteiger partial charge in [0.15, 0.2) is 5.13 Å². The third-order valence-electron chi connectivity index (χ3n) is 3.23. The molecular weight excluding hydrogens is 266 g/mol. The molecule has 4 heteroatoms. The first kappa shape index (κ1) is 15.0. The number of hydrogen-bond donors (Lipinski definition) is 1. The van der Waals surface area contributed by atoms with Gasteiger partial charge < -0.3 is 10.2 Å². The molecule has 0 unspecified atom stereocenters. The van der Waals surface area contributed by atoms with Gasteiger partial charge in [-0.2, -0.15) is 0 Å². The lowest BCUT2D eigenvalue weighted by Gasteiger charge is -2.17. The molecule has 0 spiro atoms. The number of aryl methyl sites for hydroxylation is 1. The van der Waals surface area contributed by atoms with Gasteiger partial charge in [-0.05, 0) is 18.1 Å². The van der Waals surface area contributed by atoms with Gasteiger partial charge in [-0.1, -0.05) is 38.1 Å². The quantitative estimate of drug-likeness (QED) is 0.881. The Kier molecular flexibility index (Phi) is 5.15. The van der Waals surface area contributed by atoms with Crippen LogP contribution in [0, 0.1) is 6.92 Å². The predicted molar refractivity (Wildman–Crippen MR) is 87.4 cm³/mol. The van der Waals surface area contributed by atoms with E-state index >= 15 is 0 Å². The van der Waals surface area contributed by atoms with Gasteiger partial charge in [0.25, 0.3) is 0 Å². The summed E-state index contributed by atoms with van der Waals surface area (Å²) < 4.78 is 0. The zero-order valence-electron chi connectivity index (χ0n) is 12.7. The highest BCUT2D eigenvalue weighted by atomic mass is 32.1. The maximum atomic E-state index is 4.69. The van der Waals surface area contributed by atoms with Crippen molar-refractivity contribution >= 4 is 16.5 Å². The van der Waals surface area contributed by atoms with Crippen molar-refractivity contribution in [2.75, 3.05) is 11.9 Å². The van der Waals surface area contributed by atoms with E-state index in [1.807, 2.05) is 0 Å². The molecule has 0 bridgehead atoms. The molecule has 2 aromatic rings. The van der Waals surface area contributed by atoms with Crippen molar-refractivity contribution in [3.63, 3.8) is 0 Å². The maximum Gasteiger partial charge on any atom is 0.185 e. The standard InChI is InChI=1S/C16H23N3S/c1-12(2)17-9-15-11-20-16(18-15)19(4)10-14-8-6-5-7-13(14)3/h5-8,11-12,17H,9-10H2,1-4H3. The molecule has 0 aliphatic carbocycles. The number of anilines is 1. The van der Waals surface area contributed by atoms with Crippen molar-refractivity contribution in [2.24, 2.45) is 0 Å². The lowest BCUT2D eigenvalue weighted by atomic mass is 10.1. The second-order valence-electron chi connectivity index (χ2n) is 5.44. The molecule has 0 aliphatic rings. The second-order valence-corrected chi connectivity index (χ2v) is 6.28. The summed E-state index contributed by atoms with van der Waals surface area (Å²) in [4.78, 5) is 6.90. The van der Waals surface area contributed by atoms with E-state index in [1.165, 1.54) is 11.1 Å². The summed E-state index contributed by atoms with van der Waals surface area (Å²) in [5, 5.41) is 6.61. The minimum Gasteiger partial charge on any atom is -0.347 e. The summed E-state index contributed by atoms with van der Waals surface area (Å²) in [6, 6.07) is 9.00. The van der Waals surface area contributed by atoms with Gasteiger partial charge in [0.1, 0.15) is 0 Å². The number of rotatable bonds is 6. The van der Waals surface area contributed by atoms with E-state index in [0.29, 0.717) is 6.04 Å². The van der Waals surface area contributed by atoms with Crippen molar-refractivity contribution in [2.45, 2.75) is 39.9 Å². The summed E-state index contributed by atoms with van der Waals surface area (Å²) in [6.07, 6.45) is 0. The minimum atomic E-state index is 0.491. The Morgan fingerprint density at radius 2 is 2.05 bits per heavy atom. The predicted octanol–water partition coefficient (Wildman–Crippen LogP) is 3.59. The third kappa shape index (κ3) is 4.05. The lowest BCUT2D eigenvalue weighted by molar-refractivity contribution is 0.583. The van der Waals surface area contributed by atoms with E-state index < -0.39 is 0 Å². The minimum absolute atomic E-state index is 0.491. The van der Waals surface area contributed by atoms with Gasteiger partial charge in [-0.3, -0.25) is 0 Å². The Bertz CT molecular complexity index is 548. The van der Waals surface area contributed by atoms with E-state index in [1.54, 1.807) is 11.3 Å². The summed E-state index contributed by atoms with van der Waals surface area (Å²) in [7, 11) is 2.10. The van der Waals surface area contributed by atoms with Crippen LogP contribution in [0.3, 0.4) is 0 Å². The highest BCUT2D eigenvalue weighted by Crippen LogP contribution is 2.22. The van der Waals surface area contributed by atoms with Crippen LogP contribution in [-0.4, -0.2) is 18.1 Å². The molecule has 0 saturated carbocycles. The van der Waals surface area contributed by atoms with Gasteiger partial charge in [0.2, 0.25) is 0 Å². The van der Waals surface area contributed by atoms with E-state index in [-0.39, 0.29) is 0 Å². The topological polar surface area (TPSA) is 28.2 Å². The van der Waals surface area contributed by atoms with Crippen molar-refractivity contribution in [3.8, 4) is 0 Å². The number of hydrogen-bond acceptors (Lipinski definition) is 4. The van der Waals surface area contributed by atoms with Crippen molar-refractivity contribution in [3.05, 3.63) is 46.5 Å². The molecule has 108 valence electrons. The molecule has 20 heavy (non-hydrogen) atoms. The van der Waals surface area contributed by atoms with Crippen molar-refractivity contribution in [1.29, 1.82) is 0 Å². The van der Waals surface area contributed by atoms with Crippen molar-refractivity contribution in [1.82, 2.24) is 10.3 Å². The number of nitrogens with zero attached hydrogens (tertiary/aromatic N) is 2. The maximum absolute atomic E-state index is 4.69. The van der Waals surface area contributed by atoms with Crippen LogP contribution >= 0.6 is 11.3 Å². The average Bonchev–Trinajstić information content (AvgIpc) is 2.88. The van der Waals surface area contributed by atoms with E-state index in [0.717, 1.165) is 23.9 Å². The largest absolute Gasteiger partial charge is 0.347 e. The Hall–Kier alpha value is -1.39. The van der Waals surface area contributed by atoms with E-state index in [2.05, 4.69) is 72.7 Å². The zero-order chi connectivity index (χ0) is 14.5. The fraction of sp³-hybridized carbons (Fsp3) is 0.438. The van der Waals surface area contributed by atoms with Crippen LogP contribution in [0.1, 0.15) is 30.7 Å². The molecule has 0 radical (unpaired) electrons. The SMILES string of the molecule is Cc1ccccc1CN(C)c1nc(CNC(C)C)cs1. The molecule has 1 heterocycles. The molecule has 0 aliphatic heterocycles. The van der Waals surface area contributed by atoms with Gasteiger partial charge in [-0.25, -0.2) is 4.98 Å². The Balaban J connectivity index is 1.99. The van der Waals surface area contributed by atoms with Gasteiger partial charge in [0.05, 0.1) is 5.69 Å². The monoisotopic (exact) mass is 289 g/mol. The molecule has 0 fully saturated rings. The number of aromatic nitrogens is 1. The third-order valence-corrected chi connectivity index (χ3v) is 4.23. The molecule has 1 aromatic carbocycles. The fourth-order valence-corrected chi connectivity index (χ4v) is 2.76. The van der Waals surface area contributed by atoms with Crippen LogP contribution in [0.15, 0.2) is 29.6 Å². The highest BCUT2D eigenvalue weighted by Gasteiger charge is 2.09. The highest BCUT2D eigenvalue weighted by molar-refractivity contribution is 7.13. The number of benzene rings is 1. The Morgan fingerprint density at radius 3 is 2.75 bits per heavy atom. The molecular formula is C16H23N3S. The van der Waals surface area contributed by atoms with Crippen LogP contribution in [-0.2, 0) is 13.1 Å². The summed E-state index contributed by atoms with van der Waals surface area (Å²) >= 11 is 1.71. The summed E-state index contributed by atoms with van der Waals surface area (Å²) in [6.45, 7) is 8.20. The first-order valence-electron chi connectivity index (χ1n) is 6.99.